The molecule has 1 aromatic rings. The van der Waals surface area contributed by atoms with Gasteiger partial charge in [-0.1, -0.05) is 150 Å². The summed E-state index contributed by atoms with van der Waals surface area (Å²) in [5.74, 6) is 1.45. The molecule has 89 heavy (non-hydrogen) atoms. The fraction of sp³-hybridized carbons (Fsp3) is 0.609. The van der Waals surface area contributed by atoms with Crippen LogP contribution in [0.5, 0.6) is 5.75 Å². The molecule has 0 bridgehead atoms. The molecule has 0 aliphatic heterocycles. The van der Waals surface area contributed by atoms with Crippen LogP contribution in [0.1, 0.15) is 272 Å². The minimum absolute atomic E-state index is 0. The summed E-state index contributed by atoms with van der Waals surface area (Å²) in [5, 5.41) is 52.6. The van der Waals surface area contributed by atoms with Gasteiger partial charge < -0.3 is 43.9 Å². The van der Waals surface area contributed by atoms with Crippen molar-refractivity contribution in [3.8, 4) is 5.75 Å². The van der Waals surface area contributed by atoms with Crippen LogP contribution >= 0.6 is 0 Å². The van der Waals surface area contributed by atoms with Crippen LogP contribution in [0, 0.1) is 0 Å². The van der Waals surface area contributed by atoms with Gasteiger partial charge in [0.1, 0.15) is 12.4 Å². The molecule has 6 N–H and O–H groups in total. The smallest absolute Gasteiger partial charge is 0.494 e. The Balaban J connectivity index is -0.000000136. The average molecular weight is 1320 g/mol. The predicted molar refractivity (Wildman–Crippen MR) is 382 cm³/mol. The summed E-state index contributed by atoms with van der Waals surface area (Å²) in [5.41, 5.74) is 3.55. The highest BCUT2D eigenvalue weighted by Gasteiger charge is 2.07. The second-order valence-electron chi connectivity index (χ2n) is 20.6. The van der Waals surface area contributed by atoms with Crippen molar-refractivity contribution in [1.82, 2.24) is 0 Å². The highest BCUT2D eigenvalue weighted by atomic mass is 27.1. The van der Waals surface area contributed by atoms with E-state index >= 15 is 0 Å². The first kappa shape index (κ1) is 103. The van der Waals surface area contributed by atoms with Crippen LogP contribution in [0.2, 0.25) is 0 Å². The Labute approximate surface area is 578 Å². The SMILES string of the molecule is CC(=O)/C=C(/C)O.CC/C(C(C)=O)=C(\C)O.CC/C(C(C)=O)=C(\C)O.CC/C(C(C)=O)=C(\C)O.CC/C(C(C)=O)=C(\C)O.CC/C(C(C)=O)=C(\C)O.CCCCCCCCCCCCCCCCCCOc1ccc(COC(=O)C=C(C)[O][AlH])cc1.[AlH3].[AlH3].[AlH3]. The number of rotatable bonds is 33. The molecule has 0 heterocycles. The van der Waals surface area contributed by atoms with Crippen molar-refractivity contribution in [3.05, 3.63) is 110 Å². The second kappa shape index (κ2) is 69.3. The van der Waals surface area contributed by atoms with Crippen LogP contribution < -0.4 is 4.74 Å². The first-order valence-corrected chi connectivity index (χ1v) is 31.2. The second-order valence-corrected chi connectivity index (χ2v) is 20.9. The van der Waals surface area contributed by atoms with Crippen LogP contribution in [0.3, 0.4) is 0 Å². The van der Waals surface area contributed by atoms with Crippen LogP contribution in [0.4, 0.5) is 0 Å². The highest BCUT2D eigenvalue weighted by Crippen LogP contribution is 2.17. The summed E-state index contributed by atoms with van der Waals surface area (Å²) in [4.78, 5) is 74.6. The molecule has 0 aliphatic carbocycles. The number of ketones is 6. The summed E-state index contributed by atoms with van der Waals surface area (Å²) >= 11 is 1.33. The summed E-state index contributed by atoms with van der Waals surface area (Å²) in [6.07, 6.45) is 27.6. The number of aliphatic hydroxyl groups is 6. The summed E-state index contributed by atoms with van der Waals surface area (Å²) in [7, 11) is 0. The van der Waals surface area contributed by atoms with E-state index in [4.69, 9.17) is 43.9 Å². The topological polar surface area (TPSA) is 269 Å². The van der Waals surface area contributed by atoms with Gasteiger partial charge in [-0.05, 0) is 146 Å². The monoisotopic (exact) mass is 1320 g/mol. The molecule has 0 spiro atoms. The third-order valence-electron chi connectivity index (χ3n) is 12.6. The number of hydrogen-bond acceptors (Lipinski definition) is 16. The maximum Gasteiger partial charge on any atom is 0.494 e. The van der Waals surface area contributed by atoms with E-state index in [2.05, 4.69) is 6.92 Å². The van der Waals surface area contributed by atoms with Gasteiger partial charge in [0.15, 0.2) is 86.8 Å². The van der Waals surface area contributed by atoms with Gasteiger partial charge in [0.25, 0.3) is 0 Å². The molecule has 0 aromatic heterocycles. The number of Topliss-reactive ketones (excluding diaryl/α,β-unsaturated/α-hetero) is 5. The van der Waals surface area contributed by atoms with Crippen molar-refractivity contribution in [1.29, 1.82) is 0 Å². The number of unbranched alkanes of at least 4 members (excludes halogenated alkanes) is 15. The van der Waals surface area contributed by atoms with Crippen molar-refractivity contribution >= 4 is 109 Å². The lowest BCUT2D eigenvalue weighted by Crippen LogP contribution is -2.02. The summed E-state index contributed by atoms with van der Waals surface area (Å²) < 4.78 is 16.0. The molecule has 0 saturated heterocycles. The Bertz CT molecular complexity index is 2090. The molecule has 1 rings (SSSR count). The fourth-order valence-electron chi connectivity index (χ4n) is 8.02. The maximum absolute atomic E-state index is 11.6. The van der Waals surface area contributed by atoms with E-state index < -0.39 is 5.97 Å². The van der Waals surface area contributed by atoms with E-state index in [0.717, 1.165) is 24.3 Å². The Morgan fingerprint density at radius 1 is 0.393 bits per heavy atom. The van der Waals surface area contributed by atoms with E-state index in [9.17, 15) is 33.6 Å². The van der Waals surface area contributed by atoms with E-state index in [1.165, 1.54) is 208 Å². The fourth-order valence-corrected chi connectivity index (χ4v) is 8.10. The van der Waals surface area contributed by atoms with Crippen LogP contribution in [0.15, 0.2) is 105 Å². The molecule has 0 atom stereocenters. The first-order valence-electron chi connectivity index (χ1n) is 30.6. The van der Waals surface area contributed by atoms with Gasteiger partial charge in [-0.25, -0.2) is 4.79 Å². The molecule has 0 saturated carbocycles. The Morgan fingerprint density at radius 3 is 0.831 bits per heavy atom. The molecule has 0 amide bonds. The molecule has 509 valence electrons. The van der Waals surface area contributed by atoms with Crippen LogP contribution in [0.25, 0.3) is 0 Å². The normalized spacial score (nSPS) is 11.7. The highest BCUT2D eigenvalue weighted by molar-refractivity contribution is 5.99. The quantitative estimate of drug-likeness (QED) is 0.0126. The first-order chi connectivity index (χ1) is 40.2. The molecular formula is C69H125Al4O16. The van der Waals surface area contributed by atoms with Gasteiger partial charge in [0.05, 0.1) is 53.0 Å². The van der Waals surface area contributed by atoms with E-state index in [1.807, 2.05) is 58.9 Å². The molecule has 16 nitrogen and oxygen atoms in total. The van der Waals surface area contributed by atoms with E-state index in [-0.39, 0.29) is 128 Å². The predicted octanol–water partition coefficient (Wildman–Crippen LogP) is 14.7. The molecule has 0 fully saturated rings. The number of aliphatic hydroxyl groups excluding tert-OH is 6. The third-order valence-corrected chi connectivity index (χ3v) is 13.1. The van der Waals surface area contributed by atoms with Gasteiger partial charge >= 0.3 is 22.6 Å². The van der Waals surface area contributed by atoms with Gasteiger partial charge in [0, 0.05) is 33.9 Å². The van der Waals surface area contributed by atoms with Gasteiger partial charge in [-0.15, -0.1) is 0 Å². The molecule has 1 aromatic carbocycles. The Morgan fingerprint density at radius 2 is 0.652 bits per heavy atom. The maximum atomic E-state index is 11.6. The van der Waals surface area contributed by atoms with Crippen molar-refractivity contribution < 1.29 is 77.5 Å². The molecule has 0 unspecified atom stereocenters. The zero-order valence-corrected chi connectivity index (χ0v) is 58.1. The number of carbonyl (C=O) groups excluding carboxylic acids is 7. The Hall–Kier alpha value is -4.58. The third kappa shape index (κ3) is 69.2. The van der Waals surface area contributed by atoms with E-state index in [1.54, 1.807) is 6.92 Å². The van der Waals surface area contributed by atoms with Crippen LogP contribution in [-0.4, -0.2) is 147 Å². The number of hydrogen-bond donors (Lipinski definition) is 6. The minimum Gasteiger partial charge on any atom is -0.653 e. The number of carbonyl (C=O) groups is 7. The molecule has 20 heteroatoms. The van der Waals surface area contributed by atoms with Crippen LogP contribution in [-0.2, 0) is 48.7 Å². The molecular weight excluding hydrogens is 1190 g/mol. The van der Waals surface area contributed by atoms with Gasteiger partial charge in [-0.3, -0.25) is 28.8 Å². The number of benzene rings is 1. The van der Waals surface area contributed by atoms with Crippen molar-refractivity contribution in [2.45, 2.75) is 273 Å². The molecule has 1 radical (unpaired) electrons. The lowest BCUT2D eigenvalue weighted by molar-refractivity contribution is -0.139. The zero-order valence-electron chi connectivity index (χ0n) is 56.7. The lowest BCUT2D eigenvalue weighted by atomic mass is 10.0. The Kier molecular flexibility index (Phi) is 80.4. The average Bonchev–Trinajstić information content (AvgIpc) is 3.39. The number of allylic oxidation sites excluding steroid dienone is 13. The summed E-state index contributed by atoms with van der Waals surface area (Å²) in [6, 6.07) is 7.75. The van der Waals surface area contributed by atoms with Crippen molar-refractivity contribution in [2.75, 3.05) is 6.61 Å². The zero-order chi connectivity index (χ0) is 67.8. The number of ether oxygens (including phenoxy) is 2. The van der Waals surface area contributed by atoms with Gasteiger partial charge in [0.2, 0.25) is 0 Å². The minimum atomic E-state index is -0.395. The number of esters is 1. The largest absolute Gasteiger partial charge is 0.653 e. The van der Waals surface area contributed by atoms with E-state index in [0.29, 0.717) is 65.7 Å². The standard InChI is InChI=1S/C29H48O4.5C7H12O2.C5H8O2.4Al.10H/c1-3-4-5-6-7-8-9-10-11-12-13-14-15-16-17-18-23-32-28-21-19-27(20-22-28)25-33-29(31)24-26(2)30;5*1-4-7(5(2)8)6(3)9;1-4(6)3-5(2)7;;;;;;;;;;;;;;/h19-22,24,30H,3-18,23,25H2,1-2H3;5*8H,4H2,1-3H3;3,6H,1-2H3;;;;;;;;;;;;;;/q;;;;;;;;;;+1;;;;;;;;;;/p-1/b;5*7-5-;4-3-;;;;;;;;;;;;;;. The summed E-state index contributed by atoms with van der Waals surface area (Å²) in [6.45, 7) is 32.0. The van der Waals surface area contributed by atoms with Crippen molar-refractivity contribution in [2.24, 2.45) is 0 Å². The molecule has 0 aliphatic rings. The van der Waals surface area contributed by atoms with Crippen molar-refractivity contribution in [3.63, 3.8) is 0 Å². The van der Waals surface area contributed by atoms with Gasteiger partial charge in [-0.2, -0.15) is 0 Å². The lowest BCUT2D eigenvalue weighted by Gasteiger charge is -2.08.